The fourth-order valence-electron chi connectivity index (χ4n) is 9.32. The predicted molar refractivity (Wildman–Crippen MR) is 260 cm³/mol. The third-order valence-corrected chi connectivity index (χ3v) is 12.3. The summed E-state index contributed by atoms with van der Waals surface area (Å²) in [7, 11) is 0. The number of aryl methyl sites for hydroxylation is 1. The standard InChI is InChI=1S/C58H39N5/c1-38-17-11-12-24-45(38)43-29-32-48-46-25-13-16-28-52(46)63(55(48)37-43)54-34-31-42(41-30-33-53-49(35-41)47-26-14-15-27-51(47)62(53)44-22-9-4-10-23-44)36-50(54)58-60-56(39-18-5-2-6-19-39)59-57(61-58)40-20-7-3-8-21-40/h2-37H,1H3. The lowest BCUT2D eigenvalue weighted by atomic mass is 9.98. The number of fused-ring (bicyclic) bond motifs is 6. The number of rotatable bonds is 7. The maximum Gasteiger partial charge on any atom is 0.166 e. The van der Waals surface area contributed by atoms with Crippen molar-refractivity contribution in [1.29, 1.82) is 0 Å². The molecule has 12 rings (SSSR count). The average molecular weight is 806 g/mol. The van der Waals surface area contributed by atoms with E-state index in [0.717, 1.165) is 55.7 Å². The molecule has 0 N–H and O–H groups in total. The summed E-state index contributed by atoms with van der Waals surface area (Å²) >= 11 is 0. The first-order valence-corrected chi connectivity index (χ1v) is 21.4. The van der Waals surface area contributed by atoms with Crippen LogP contribution in [0.3, 0.4) is 0 Å². The molecule has 0 aliphatic carbocycles. The van der Waals surface area contributed by atoms with Crippen molar-refractivity contribution in [2.24, 2.45) is 0 Å². The quantitative estimate of drug-likeness (QED) is 0.161. The van der Waals surface area contributed by atoms with Gasteiger partial charge in [0, 0.05) is 43.9 Å². The Hall–Kier alpha value is -8.41. The number of nitrogens with zero attached hydrogens (tertiary/aromatic N) is 5. The van der Waals surface area contributed by atoms with Crippen LogP contribution in [-0.4, -0.2) is 24.1 Å². The molecule has 12 aromatic rings. The average Bonchev–Trinajstić information content (AvgIpc) is 3.87. The molecule has 0 saturated carbocycles. The van der Waals surface area contributed by atoms with Gasteiger partial charge in [-0.15, -0.1) is 0 Å². The third-order valence-electron chi connectivity index (χ3n) is 12.3. The minimum atomic E-state index is 0.599. The van der Waals surface area contributed by atoms with Crippen LogP contribution in [0.15, 0.2) is 218 Å². The highest BCUT2D eigenvalue weighted by Gasteiger charge is 2.22. The number of hydrogen-bond acceptors (Lipinski definition) is 3. The van der Waals surface area contributed by atoms with Crippen molar-refractivity contribution in [3.8, 4) is 67.8 Å². The second-order valence-electron chi connectivity index (χ2n) is 16.1. The molecule has 0 radical (unpaired) electrons. The largest absolute Gasteiger partial charge is 0.309 e. The van der Waals surface area contributed by atoms with Gasteiger partial charge in [0.15, 0.2) is 17.5 Å². The highest BCUT2D eigenvalue weighted by Crippen LogP contribution is 2.41. The summed E-state index contributed by atoms with van der Waals surface area (Å²) in [6, 6.07) is 77.5. The van der Waals surface area contributed by atoms with Gasteiger partial charge in [-0.1, -0.05) is 164 Å². The van der Waals surface area contributed by atoms with E-state index >= 15 is 0 Å². The van der Waals surface area contributed by atoms with Crippen molar-refractivity contribution < 1.29 is 0 Å². The third kappa shape index (κ3) is 6.21. The predicted octanol–water partition coefficient (Wildman–Crippen LogP) is 14.7. The normalized spacial score (nSPS) is 11.6. The molecule has 63 heavy (non-hydrogen) atoms. The van der Waals surface area contributed by atoms with Crippen LogP contribution in [0.4, 0.5) is 0 Å². The van der Waals surface area contributed by atoms with E-state index in [1.807, 2.05) is 36.4 Å². The molecular formula is C58H39N5. The molecule has 0 saturated heterocycles. The van der Waals surface area contributed by atoms with Crippen molar-refractivity contribution >= 4 is 43.6 Å². The Morgan fingerprint density at radius 2 is 0.810 bits per heavy atom. The number of hydrogen-bond donors (Lipinski definition) is 0. The first-order chi connectivity index (χ1) is 31.2. The first-order valence-electron chi connectivity index (χ1n) is 21.4. The molecule has 0 atom stereocenters. The highest BCUT2D eigenvalue weighted by atomic mass is 15.1. The van der Waals surface area contributed by atoms with E-state index in [1.54, 1.807) is 0 Å². The molecule has 0 fully saturated rings. The summed E-state index contributed by atoms with van der Waals surface area (Å²) in [4.78, 5) is 15.7. The minimum absolute atomic E-state index is 0.599. The zero-order valence-electron chi connectivity index (χ0n) is 34.5. The van der Waals surface area contributed by atoms with Crippen LogP contribution in [0.1, 0.15) is 5.56 Å². The van der Waals surface area contributed by atoms with E-state index in [2.05, 4.69) is 198 Å². The van der Waals surface area contributed by atoms with Gasteiger partial charge in [0.05, 0.1) is 27.8 Å². The Bertz CT molecular complexity index is 3620. The fraction of sp³-hybridized carbons (Fsp3) is 0.0172. The summed E-state index contributed by atoms with van der Waals surface area (Å²) in [6.07, 6.45) is 0. The maximum absolute atomic E-state index is 5.33. The van der Waals surface area contributed by atoms with E-state index in [0.29, 0.717) is 17.5 Å². The van der Waals surface area contributed by atoms with Crippen molar-refractivity contribution in [2.75, 3.05) is 0 Å². The maximum atomic E-state index is 5.33. The highest BCUT2D eigenvalue weighted by molar-refractivity contribution is 6.12. The summed E-state index contributed by atoms with van der Waals surface area (Å²) in [5, 5.41) is 4.78. The first kappa shape index (κ1) is 36.4. The molecule has 0 aliphatic rings. The van der Waals surface area contributed by atoms with Crippen molar-refractivity contribution in [3.63, 3.8) is 0 Å². The molecule has 3 heterocycles. The van der Waals surface area contributed by atoms with E-state index in [1.165, 1.54) is 43.8 Å². The zero-order chi connectivity index (χ0) is 41.9. The second-order valence-corrected chi connectivity index (χ2v) is 16.1. The van der Waals surface area contributed by atoms with Gasteiger partial charge < -0.3 is 9.13 Å². The van der Waals surface area contributed by atoms with Crippen molar-refractivity contribution in [2.45, 2.75) is 6.92 Å². The van der Waals surface area contributed by atoms with Crippen LogP contribution in [0.2, 0.25) is 0 Å². The van der Waals surface area contributed by atoms with E-state index < -0.39 is 0 Å². The Kier molecular flexibility index (Phi) is 8.64. The lowest BCUT2D eigenvalue weighted by Crippen LogP contribution is -2.04. The van der Waals surface area contributed by atoms with E-state index in [9.17, 15) is 0 Å². The smallest absolute Gasteiger partial charge is 0.166 e. The topological polar surface area (TPSA) is 48.5 Å². The molecule has 5 nitrogen and oxygen atoms in total. The van der Waals surface area contributed by atoms with Gasteiger partial charge in [0.2, 0.25) is 0 Å². The summed E-state index contributed by atoms with van der Waals surface area (Å²) in [5.41, 5.74) is 15.2. The van der Waals surface area contributed by atoms with Gasteiger partial charge in [-0.25, -0.2) is 15.0 Å². The number of para-hydroxylation sites is 3. The Balaban J connectivity index is 1.14. The lowest BCUT2D eigenvalue weighted by Gasteiger charge is -2.17. The number of benzene rings is 9. The molecule has 0 unspecified atom stereocenters. The summed E-state index contributed by atoms with van der Waals surface area (Å²) in [6.45, 7) is 2.18. The van der Waals surface area contributed by atoms with Crippen LogP contribution >= 0.6 is 0 Å². The van der Waals surface area contributed by atoms with Gasteiger partial charge in [-0.3, -0.25) is 0 Å². The van der Waals surface area contributed by atoms with E-state index in [-0.39, 0.29) is 0 Å². The van der Waals surface area contributed by atoms with Crippen molar-refractivity contribution in [1.82, 2.24) is 24.1 Å². The zero-order valence-corrected chi connectivity index (χ0v) is 34.5. The SMILES string of the molecule is Cc1ccccc1-c1ccc2c3ccccc3n(-c3ccc(-c4ccc5c(c4)c4ccccc4n5-c4ccccc4)cc3-c3nc(-c4ccccc4)nc(-c4ccccc4)n3)c2c1. The van der Waals surface area contributed by atoms with E-state index in [4.69, 9.17) is 15.0 Å². The Morgan fingerprint density at radius 1 is 0.302 bits per heavy atom. The van der Waals surface area contributed by atoms with Gasteiger partial charge in [-0.2, -0.15) is 0 Å². The molecule has 3 aromatic heterocycles. The molecule has 0 spiro atoms. The molecule has 9 aromatic carbocycles. The van der Waals surface area contributed by atoms with Crippen LogP contribution in [0.25, 0.3) is 111 Å². The van der Waals surface area contributed by atoms with Crippen LogP contribution in [0.5, 0.6) is 0 Å². The van der Waals surface area contributed by atoms with Crippen LogP contribution in [0, 0.1) is 6.92 Å². The molecule has 296 valence electrons. The Morgan fingerprint density at radius 3 is 1.51 bits per heavy atom. The van der Waals surface area contributed by atoms with Gasteiger partial charge in [-0.05, 0) is 89.3 Å². The molecule has 5 heteroatoms. The van der Waals surface area contributed by atoms with Crippen molar-refractivity contribution in [3.05, 3.63) is 224 Å². The van der Waals surface area contributed by atoms with Gasteiger partial charge >= 0.3 is 0 Å². The fourth-order valence-corrected chi connectivity index (χ4v) is 9.32. The Labute approximate surface area is 364 Å². The summed E-state index contributed by atoms with van der Waals surface area (Å²) in [5.74, 6) is 1.84. The lowest BCUT2D eigenvalue weighted by molar-refractivity contribution is 1.06. The minimum Gasteiger partial charge on any atom is -0.309 e. The number of aromatic nitrogens is 5. The molecule has 0 bridgehead atoms. The van der Waals surface area contributed by atoms with Gasteiger partial charge in [0.1, 0.15) is 0 Å². The monoisotopic (exact) mass is 805 g/mol. The van der Waals surface area contributed by atoms with Crippen LogP contribution in [-0.2, 0) is 0 Å². The molecular weight excluding hydrogens is 767 g/mol. The second kappa shape index (κ2) is 14.9. The summed E-state index contributed by atoms with van der Waals surface area (Å²) < 4.78 is 4.76. The molecule has 0 aliphatic heterocycles. The van der Waals surface area contributed by atoms with Gasteiger partial charge in [0.25, 0.3) is 0 Å². The van der Waals surface area contributed by atoms with Crippen LogP contribution < -0.4 is 0 Å². The molecule has 0 amide bonds.